The fourth-order valence-corrected chi connectivity index (χ4v) is 3.10. The average molecular weight is 482 g/mol. The predicted octanol–water partition coefficient (Wildman–Crippen LogP) is 3.98. The van der Waals surface area contributed by atoms with Crippen LogP contribution in [-0.2, 0) is 4.79 Å². The molecule has 0 saturated carbocycles. The summed E-state index contributed by atoms with van der Waals surface area (Å²) in [6, 6.07) is 13.4. The number of hydrogen-bond donors (Lipinski definition) is 1. The molecule has 0 aliphatic heterocycles. The number of nitrogens with zero attached hydrogens (tertiary/aromatic N) is 3. The SMILES string of the molecule is O=C(CSc1nnc(-c2cccc([N+](=O)[O-])c2)o1)Nc1ccccc1I. The number of thioether (sulfide) groups is 1. The molecule has 0 spiro atoms. The molecule has 0 aliphatic rings. The summed E-state index contributed by atoms with van der Waals surface area (Å²) in [4.78, 5) is 22.4. The average Bonchev–Trinajstić information content (AvgIpc) is 3.11. The van der Waals surface area contributed by atoms with Crippen LogP contribution in [0.5, 0.6) is 0 Å². The van der Waals surface area contributed by atoms with Gasteiger partial charge in [-0.2, -0.15) is 0 Å². The second-order valence-electron chi connectivity index (χ2n) is 5.00. The zero-order valence-corrected chi connectivity index (χ0v) is 16.1. The summed E-state index contributed by atoms with van der Waals surface area (Å²) in [5.74, 6) is 0.0603. The van der Waals surface area contributed by atoms with Gasteiger partial charge in [0.25, 0.3) is 10.9 Å². The molecule has 0 unspecified atom stereocenters. The molecular formula is C16H11IN4O4S. The van der Waals surface area contributed by atoms with E-state index in [2.05, 4.69) is 38.1 Å². The smallest absolute Gasteiger partial charge is 0.277 e. The van der Waals surface area contributed by atoms with Crippen molar-refractivity contribution in [3.63, 3.8) is 0 Å². The number of nitrogens with one attached hydrogen (secondary N) is 1. The minimum atomic E-state index is -0.495. The normalized spacial score (nSPS) is 10.5. The molecule has 8 nitrogen and oxygen atoms in total. The Morgan fingerprint density at radius 2 is 2.04 bits per heavy atom. The summed E-state index contributed by atoms with van der Waals surface area (Å²) in [5, 5.41) is 21.6. The molecule has 10 heteroatoms. The summed E-state index contributed by atoms with van der Waals surface area (Å²) in [7, 11) is 0. The van der Waals surface area contributed by atoms with E-state index in [0.29, 0.717) is 5.56 Å². The number of nitro benzene ring substituents is 1. The lowest BCUT2D eigenvalue weighted by molar-refractivity contribution is -0.384. The van der Waals surface area contributed by atoms with Crippen LogP contribution in [0.2, 0.25) is 0 Å². The number of carbonyl (C=O) groups is 1. The van der Waals surface area contributed by atoms with Gasteiger partial charge in [-0.25, -0.2) is 0 Å². The van der Waals surface area contributed by atoms with Crippen LogP contribution in [0.1, 0.15) is 0 Å². The van der Waals surface area contributed by atoms with E-state index >= 15 is 0 Å². The molecular weight excluding hydrogens is 471 g/mol. The van der Waals surface area contributed by atoms with E-state index in [1.54, 1.807) is 12.1 Å². The molecule has 0 saturated heterocycles. The van der Waals surface area contributed by atoms with Gasteiger partial charge in [0.1, 0.15) is 0 Å². The molecule has 3 rings (SSSR count). The minimum absolute atomic E-state index is 0.0632. The standard InChI is InChI=1S/C16H11IN4O4S/c17-12-6-1-2-7-13(12)18-14(22)9-26-16-20-19-15(25-16)10-4-3-5-11(8-10)21(23)24/h1-8H,9H2,(H,18,22). The number of amides is 1. The number of carbonyl (C=O) groups excluding carboxylic acids is 1. The lowest BCUT2D eigenvalue weighted by atomic mass is 10.2. The van der Waals surface area contributed by atoms with Gasteiger partial charge in [0.05, 0.1) is 16.4 Å². The number of nitro groups is 1. The van der Waals surface area contributed by atoms with Gasteiger partial charge in [-0.1, -0.05) is 30.0 Å². The maximum Gasteiger partial charge on any atom is 0.277 e. The van der Waals surface area contributed by atoms with Gasteiger partial charge in [-0.3, -0.25) is 14.9 Å². The van der Waals surface area contributed by atoms with E-state index in [4.69, 9.17) is 4.42 Å². The second kappa shape index (κ2) is 8.27. The largest absolute Gasteiger partial charge is 0.411 e. The Balaban J connectivity index is 1.62. The molecule has 2 aromatic carbocycles. The van der Waals surface area contributed by atoms with Crippen molar-refractivity contribution in [1.82, 2.24) is 10.2 Å². The number of aromatic nitrogens is 2. The van der Waals surface area contributed by atoms with E-state index < -0.39 is 4.92 Å². The lowest BCUT2D eigenvalue weighted by Gasteiger charge is -2.05. The van der Waals surface area contributed by atoms with Crippen molar-refractivity contribution in [3.8, 4) is 11.5 Å². The summed E-state index contributed by atoms with van der Waals surface area (Å²) in [6.07, 6.45) is 0. The summed E-state index contributed by atoms with van der Waals surface area (Å²) < 4.78 is 6.40. The first-order chi connectivity index (χ1) is 12.5. The number of rotatable bonds is 6. The van der Waals surface area contributed by atoms with E-state index in [1.807, 2.05) is 24.3 Å². The van der Waals surface area contributed by atoms with Crippen LogP contribution in [0.4, 0.5) is 11.4 Å². The van der Waals surface area contributed by atoms with Crippen molar-refractivity contribution < 1.29 is 14.1 Å². The number of benzene rings is 2. The highest BCUT2D eigenvalue weighted by molar-refractivity contribution is 14.1. The van der Waals surface area contributed by atoms with Crippen molar-refractivity contribution in [2.45, 2.75) is 5.22 Å². The fraction of sp³-hybridized carbons (Fsp3) is 0.0625. The Bertz CT molecular complexity index is 963. The zero-order valence-electron chi connectivity index (χ0n) is 13.1. The molecule has 0 atom stereocenters. The monoisotopic (exact) mass is 482 g/mol. The van der Waals surface area contributed by atoms with E-state index in [0.717, 1.165) is 21.0 Å². The van der Waals surface area contributed by atoms with Crippen molar-refractivity contribution in [2.75, 3.05) is 11.1 Å². The van der Waals surface area contributed by atoms with E-state index in [1.165, 1.54) is 12.1 Å². The number of anilines is 1. The van der Waals surface area contributed by atoms with Crippen LogP contribution >= 0.6 is 34.4 Å². The molecule has 0 bridgehead atoms. The van der Waals surface area contributed by atoms with Crippen LogP contribution in [0, 0.1) is 13.7 Å². The highest BCUT2D eigenvalue weighted by Crippen LogP contribution is 2.26. The number of hydrogen-bond acceptors (Lipinski definition) is 7. The molecule has 1 N–H and O–H groups in total. The molecule has 0 aliphatic carbocycles. The van der Waals surface area contributed by atoms with Gasteiger partial charge in [0, 0.05) is 21.3 Å². The highest BCUT2D eigenvalue weighted by atomic mass is 127. The van der Waals surface area contributed by atoms with Crippen LogP contribution in [0.15, 0.2) is 58.2 Å². The molecule has 0 radical (unpaired) electrons. The maximum absolute atomic E-state index is 12.0. The molecule has 26 heavy (non-hydrogen) atoms. The molecule has 132 valence electrons. The molecule has 1 amide bonds. The van der Waals surface area contributed by atoms with Crippen LogP contribution in [0.25, 0.3) is 11.5 Å². The van der Waals surface area contributed by atoms with E-state index in [9.17, 15) is 14.9 Å². The number of non-ortho nitro benzene ring substituents is 1. The molecule has 1 aromatic heterocycles. The Morgan fingerprint density at radius 3 is 2.81 bits per heavy atom. The maximum atomic E-state index is 12.0. The quantitative estimate of drug-likeness (QED) is 0.245. The summed E-state index contributed by atoms with van der Waals surface area (Å²) in [6.45, 7) is 0. The van der Waals surface area contributed by atoms with Crippen LogP contribution in [-0.4, -0.2) is 26.8 Å². The van der Waals surface area contributed by atoms with Gasteiger partial charge >= 0.3 is 0 Å². The van der Waals surface area contributed by atoms with Gasteiger partial charge in [0.15, 0.2) is 0 Å². The third-order valence-electron chi connectivity index (χ3n) is 3.19. The molecule has 3 aromatic rings. The van der Waals surface area contributed by atoms with Crippen LogP contribution < -0.4 is 5.32 Å². The van der Waals surface area contributed by atoms with Crippen molar-refractivity contribution in [2.24, 2.45) is 0 Å². The Kier molecular flexibility index (Phi) is 5.83. The van der Waals surface area contributed by atoms with Crippen molar-refractivity contribution >= 4 is 51.6 Å². The zero-order chi connectivity index (χ0) is 18.5. The van der Waals surface area contributed by atoms with Gasteiger partial charge < -0.3 is 9.73 Å². The third-order valence-corrected chi connectivity index (χ3v) is 4.94. The molecule has 1 heterocycles. The van der Waals surface area contributed by atoms with E-state index in [-0.39, 0.29) is 28.5 Å². The van der Waals surface area contributed by atoms with Gasteiger partial charge in [0.2, 0.25) is 11.8 Å². The first-order valence-electron chi connectivity index (χ1n) is 7.28. The number of para-hydroxylation sites is 1. The first kappa shape index (κ1) is 18.3. The Labute approximate surface area is 165 Å². The fourth-order valence-electron chi connectivity index (χ4n) is 2.01. The summed E-state index contributed by atoms with van der Waals surface area (Å²) in [5.41, 5.74) is 1.12. The van der Waals surface area contributed by atoms with Crippen molar-refractivity contribution in [1.29, 1.82) is 0 Å². The second-order valence-corrected chi connectivity index (χ2v) is 7.09. The molecule has 0 fully saturated rings. The topological polar surface area (TPSA) is 111 Å². The minimum Gasteiger partial charge on any atom is -0.411 e. The van der Waals surface area contributed by atoms with Gasteiger partial charge in [-0.05, 0) is 40.8 Å². The first-order valence-corrected chi connectivity index (χ1v) is 9.35. The highest BCUT2D eigenvalue weighted by Gasteiger charge is 2.14. The Hall–Kier alpha value is -2.47. The van der Waals surface area contributed by atoms with Gasteiger partial charge in [-0.15, -0.1) is 10.2 Å². The summed E-state index contributed by atoms with van der Waals surface area (Å²) >= 11 is 3.23. The predicted molar refractivity (Wildman–Crippen MR) is 105 cm³/mol. The van der Waals surface area contributed by atoms with Crippen LogP contribution in [0.3, 0.4) is 0 Å². The Morgan fingerprint density at radius 1 is 1.23 bits per heavy atom. The number of halogens is 1. The van der Waals surface area contributed by atoms with Crippen molar-refractivity contribution in [3.05, 3.63) is 62.2 Å². The lowest BCUT2D eigenvalue weighted by Crippen LogP contribution is -2.14. The third kappa shape index (κ3) is 4.58.